The minimum absolute atomic E-state index is 0.0504. The van der Waals surface area contributed by atoms with Gasteiger partial charge in [0.1, 0.15) is 0 Å². The monoisotopic (exact) mass is 388 g/mol. The summed E-state index contributed by atoms with van der Waals surface area (Å²) in [6, 6.07) is 16.2. The van der Waals surface area contributed by atoms with Gasteiger partial charge in [-0.1, -0.05) is 29.8 Å². The first-order chi connectivity index (χ1) is 12.7. The summed E-state index contributed by atoms with van der Waals surface area (Å²) < 4.78 is 6.29. The highest BCUT2D eigenvalue weighted by atomic mass is 35.5. The van der Waals surface area contributed by atoms with Gasteiger partial charge in [-0.25, -0.2) is 4.79 Å². The predicted molar refractivity (Wildman–Crippen MR) is 99.5 cm³/mol. The van der Waals surface area contributed by atoms with Crippen LogP contribution in [0.25, 0.3) is 5.69 Å². The second kappa shape index (κ2) is 8.45. The van der Waals surface area contributed by atoms with Crippen LogP contribution >= 0.6 is 23.4 Å². The fourth-order valence-corrected chi connectivity index (χ4v) is 2.76. The van der Waals surface area contributed by atoms with Crippen LogP contribution in [0.15, 0.2) is 64.9 Å². The van der Waals surface area contributed by atoms with Crippen LogP contribution < -0.4 is 5.43 Å². The number of nitrogens with zero attached hydrogens (tertiary/aromatic N) is 5. The molecule has 0 amide bonds. The molecule has 3 aromatic rings. The Kier molecular flexibility index (Phi) is 5.82. The second-order valence-corrected chi connectivity index (χ2v) is 6.23. The number of carbonyl (C=O) groups excluding carboxylic acids is 1. The number of methoxy groups -OCH3 is 1. The fraction of sp³-hybridized carbons (Fsp3) is 0.0625. The minimum atomic E-state index is -0.612. The number of halogens is 1. The lowest BCUT2D eigenvalue weighted by atomic mass is 10.3. The number of para-hydroxylation sites is 1. The van der Waals surface area contributed by atoms with E-state index in [9.17, 15) is 4.79 Å². The number of tetrazole rings is 1. The first-order valence-electron chi connectivity index (χ1n) is 7.36. The average Bonchev–Trinajstić information content (AvgIpc) is 3.14. The van der Waals surface area contributed by atoms with Gasteiger partial charge in [-0.2, -0.15) is 9.78 Å². The van der Waals surface area contributed by atoms with Crippen LogP contribution in [-0.2, 0) is 9.53 Å². The summed E-state index contributed by atoms with van der Waals surface area (Å²) in [5.74, 6) is -0.612. The summed E-state index contributed by atoms with van der Waals surface area (Å²) >= 11 is 6.84. The first-order valence-corrected chi connectivity index (χ1v) is 8.56. The maximum atomic E-state index is 12.0. The van der Waals surface area contributed by atoms with E-state index in [1.807, 2.05) is 30.3 Å². The Hall–Kier alpha value is -2.91. The van der Waals surface area contributed by atoms with E-state index < -0.39 is 5.97 Å². The molecule has 10 heteroatoms. The topological polar surface area (TPSA) is 94.3 Å². The van der Waals surface area contributed by atoms with Crippen molar-refractivity contribution >= 4 is 40.1 Å². The largest absolute Gasteiger partial charge is 0.464 e. The number of ether oxygens (including phenoxy) is 1. The molecular weight excluding hydrogens is 376 g/mol. The third-order valence-corrected chi connectivity index (χ3v) is 4.26. The van der Waals surface area contributed by atoms with E-state index in [4.69, 9.17) is 16.3 Å². The predicted octanol–water partition coefficient (Wildman–Crippen LogP) is 3.01. The van der Waals surface area contributed by atoms with Gasteiger partial charge >= 0.3 is 5.97 Å². The number of carbonyl (C=O) groups is 1. The summed E-state index contributed by atoms with van der Waals surface area (Å²) in [4.78, 5) is 12.0. The molecule has 8 nitrogen and oxygen atoms in total. The smallest absolute Gasteiger partial charge is 0.365 e. The van der Waals surface area contributed by atoms with E-state index in [2.05, 4.69) is 26.1 Å². The SMILES string of the molecule is COC(=O)/C(=N\Nc1ccc(Cl)cc1)Sc1nnnn1-c1ccccc1. The molecule has 0 spiro atoms. The number of aromatic nitrogens is 4. The molecule has 26 heavy (non-hydrogen) atoms. The molecule has 0 saturated carbocycles. The molecule has 0 atom stereocenters. The van der Waals surface area contributed by atoms with Crippen molar-refractivity contribution in [1.29, 1.82) is 0 Å². The van der Waals surface area contributed by atoms with E-state index in [1.165, 1.54) is 11.8 Å². The first kappa shape index (κ1) is 17.9. The average molecular weight is 389 g/mol. The molecule has 2 aromatic carbocycles. The number of nitrogens with one attached hydrogen (secondary N) is 1. The number of benzene rings is 2. The number of hydrogen-bond donors (Lipinski definition) is 1. The maximum Gasteiger partial charge on any atom is 0.365 e. The highest BCUT2D eigenvalue weighted by molar-refractivity contribution is 8.15. The van der Waals surface area contributed by atoms with E-state index in [1.54, 1.807) is 24.3 Å². The van der Waals surface area contributed by atoms with Crippen LogP contribution in [0.3, 0.4) is 0 Å². The molecule has 0 aliphatic carbocycles. The van der Waals surface area contributed by atoms with Crippen LogP contribution in [0.5, 0.6) is 0 Å². The Morgan fingerprint density at radius 3 is 2.62 bits per heavy atom. The Morgan fingerprint density at radius 2 is 1.92 bits per heavy atom. The highest BCUT2D eigenvalue weighted by Crippen LogP contribution is 2.21. The van der Waals surface area contributed by atoms with E-state index >= 15 is 0 Å². The Labute approximate surface area is 158 Å². The third-order valence-electron chi connectivity index (χ3n) is 3.12. The zero-order valence-electron chi connectivity index (χ0n) is 13.5. The molecule has 1 N–H and O–H groups in total. The van der Waals surface area contributed by atoms with E-state index in [-0.39, 0.29) is 5.04 Å². The van der Waals surface area contributed by atoms with Crippen molar-refractivity contribution in [2.45, 2.75) is 5.16 Å². The molecule has 1 aromatic heterocycles. The van der Waals surface area contributed by atoms with Crippen LogP contribution in [0.4, 0.5) is 5.69 Å². The summed E-state index contributed by atoms with van der Waals surface area (Å²) in [6.07, 6.45) is 0. The van der Waals surface area contributed by atoms with Crippen molar-refractivity contribution in [3.63, 3.8) is 0 Å². The van der Waals surface area contributed by atoms with Gasteiger partial charge in [0.25, 0.3) is 0 Å². The third kappa shape index (κ3) is 4.38. The summed E-state index contributed by atoms with van der Waals surface area (Å²) in [7, 11) is 1.28. The van der Waals surface area contributed by atoms with Gasteiger partial charge in [0, 0.05) is 5.02 Å². The fourth-order valence-electron chi connectivity index (χ4n) is 1.90. The van der Waals surface area contributed by atoms with Crippen molar-refractivity contribution in [1.82, 2.24) is 20.2 Å². The number of anilines is 1. The molecule has 0 bridgehead atoms. The van der Waals surface area contributed by atoms with Gasteiger partial charge in [-0.05, 0) is 58.6 Å². The molecule has 0 saturated heterocycles. The van der Waals surface area contributed by atoms with Gasteiger partial charge in [-0.15, -0.1) is 5.10 Å². The quantitative estimate of drug-likeness (QED) is 0.241. The molecule has 3 rings (SSSR count). The van der Waals surface area contributed by atoms with Gasteiger partial charge in [-0.3, -0.25) is 5.43 Å². The standard InChI is InChI=1S/C16H13ClN6O2S/c1-25-15(24)14(19-18-12-9-7-11(17)8-10-12)26-16-20-21-22-23(16)13-5-3-2-4-6-13/h2-10,18H,1H3/b19-14+. The van der Waals surface area contributed by atoms with E-state index in [0.29, 0.717) is 15.9 Å². The number of esters is 1. The Bertz CT molecular complexity index is 914. The number of thioether (sulfide) groups is 1. The van der Waals surface area contributed by atoms with Crippen LogP contribution in [0, 0.1) is 0 Å². The molecule has 0 aliphatic rings. The maximum absolute atomic E-state index is 12.0. The zero-order valence-corrected chi connectivity index (χ0v) is 15.1. The number of rotatable bonds is 4. The normalized spacial score (nSPS) is 11.2. The van der Waals surface area contributed by atoms with Crippen LogP contribution in [0.1, 0.15) is 0 Å². The Morgan fingerprint density at radius 1 is 1.19 bits per heavy atom. The lowest BCUT2D eigenvalue weighted by Crippen LogP contribution is -2.15. The van der Waals surface area contributed by atoms with Gasteiger partial charge in [0.15, 0.2) is 0 Å². The lowest BCUT2D eigenvalue weighted by molar-refractivity contribution is -0.132. The summed E-state index contributed by atoms with van der Waals surface area (Å²) in [5.41, 5.74) is 4.21. The van der Waals surface area contributed by atoms with Crippen molar-refractivity contribution in [3.05, 3.63) is 59.6 Å². The van der Waals surface area contributed by atoms with E-state index in [0.717, 1.165) is 17.4 Å². The molecule has 0 unspecified atom stereocenters. The van der Waals surface area contributed by atoms with Gasteiger partial charge < -0.3 is 4.74 Å². The summed E-state index contributed by atoms with van der Waals surface area (Å²) in [6.45, 7) is 0. The minimum Gasteiger partial charge on any atom is -0.464 e. The molecular formula is C16H13ClN6O2S. The molecule has 0 radical (unpaired) electrons. The molecule has 0 fully saturated rings. The molecule has 0 aliphatic heterocycles. The second-order valence-electron chi connectivity index (χ2n) is 4.84. The number of hydrazone groups is 1. The zero-order chi connectivity index (χ0) is 18.4. The highest BCUT2D eigenvalue weighted by Gasteiger charge is 2.19. The lowest BCUT2D eigenvalue weighted by Gasteiger charge is -2.06. The Balaban J connectivity index is 1.84. The van der Waals surface area contributed by atoms with Crippen LogP contribution in [-0.4, -0.2) is 38.3 Å². The van der Waals surface area contributed by atoms with Crippen molar-refractivity contribution in [2.75, 3.05) is 12.5 Å². The van der Waals surface area contributed by atoms with Gasteiger partial charge in [0.2, 0.25) is 10.2 Å². The van der Waals surface area contributed by atoms with Crippen LogP contribution in [0.2, 0.25) is 5.02 Å². The number of hydrogen-bond acceptors (Lipinski definition) is 8. The van der Waals surface area contributed by atoms with Crippen molar-refractivity contribution < 1.29 is 9.53 Å². The molecule has 1 heterocycles. The van der Waals surface area contributed by atoms with Gasteiger partial charge in [0.05, 0.1) is 18.5 Å². The molecule has 132 valence electrons. The summed E-state index contributed by atoms with van der Waals surface area (Å²) in [5, 5.41) is 16.7. The van der Waals surface area contributed by atoms with Crippen molar-refractivity contribution in [3.8, 4) is 5.69 Å². The van der Waals surface area contributed by atoms with Crippen molar-refractivity contribution in [2.24, 2.45) is 5.10 Å².